The Kier molecular flexibility index (Phi) is 4.92. The van der Waals surface area contributed by atoms with Crippen LogP contribution in [0.5, 0.6) is 0 Å². The fourth-order valence-corrected chi connectivity index (χ4v) is 3.19. The number of esters is 1. The molecule has 0 bridgehead atoms. The highest BCUT2D eigenvalue weighted by Gasteiger charge is 2.19. The van der Waals surface area contributed by atoms with Crippen molar-refractivity contribution in [2.45, 2.75) is 38.3 Å². The van der Waals surface area contributed by atoms with Crippen LogP contribution in [0.25, 0.3) is 11.2 Å². The molecular weight excluding hydrogens is 342 g/mol. The van der Waals surface area contributed by atoms with Crippen LogP contribution in [0.15, 0.2) is 15.9 Å². The molecule has 0 aliphatic heterocycles. The van der Waals surface area contributed by atoms with Crippen LogP contribution >= 0.6 is 0 Å². The van der Waals surface area contributed by atoms with E-state index in [1.165, 1.54) is 29.6 Å². The van der Waals surface area contributed by atoms with Crippen molar-refractivity contribution in [1.29, 1.82) is 0 Å². The van der Waals surface area contributed by atoms with E-state index in [-0.39, 0.29) is 36.3 Å². The minimum atomic E-state index is -0.665. The molecule has 2 aromatic heterocycles. The number of aryl methyl sites for hydroxylation is 1. The molecule has 10 heteroatoms. The zero-order valence-electron chi connectivity index (χ0n) is 14.7. The van der Waals surface area contributed by atoms with Crippen LogP contribution < -0.4 is 16.6 Å². The Labute approximate surface area is 148 Å². The van der Waals surface area contributed by atoms with Gasteiger partial charge in [-0.2, -0.15) is 0 Å². The first kappa shape index (κ1) is 17.9. The van der Waals surface area contributed by atoms with Gasteiger partial charge in [0.15, 0.2) is 17.8 Å². The Morgan fingerprint density at radius 2 is 1.92 bits per heavy atom. The van der Waals surface area contributed by atoms with Crippen LogP contribution in [0.3, 0.4) is 0 Å². The largest absolute Gasteiger partial charge is 0.454 e. The average Bonchev–Trinajstić information content (AvgIpc) is 3.26. The Hall–Kier alpha value is -2.91. The van der Waals surface area contributed by atoms with Gasteiger partial charge in [-0.1, -0.05) is 12.8 Å². The van der Waals surface area contributed by atoms with E-state index < -0.39 is 17.2 Å². The van der Waals surface area contributed by atoms with Gasteiger partial charge < -0.3 is 14.6 Å². The second-order valence-corrected chi connectivity index (χ2v) is 6.46. The molecule has 1 amide bonds. The number of aromatic nitrogens is 4. The van der Waals surface area contributed by atoms with Crippen molar-refractivity contribution in [2.24, 2.45) is 14.1 Å². The van der Waals surface area contributed by atoms with E-state index in [0.717, 1.165) is 30.3 Å². The lowest BCUT2D eigenvalue weighted by Gasteiger charge is -2.12. The molecule has 140 valence electrons. The van der Waals surface area contributed by atoms with E-state index in [9.17, 15) is 19.2 Å². The van der Waals surface area contributed by atoms with Gasteiger partial charge in [-0.3, -0.25) is 23.5 Å². The predicted molar refractivity (Wildman–Crippen MR) is 91.6 cm³/mol. The molecule has 0 saturated heterocycles. The van der Waals surface area contributed by atoms with Gasteiger partial charge in [0.25, 0.3) is 11.5 Å². The summed E-state index contributed by atoms with van der Waals surface area (Å²) in [6.45, 7) is -0.640. The maximum Gasteiger partial charge on any atom is 0.332 e. The van der Waals surface area contributed by atoms with Gasteiger partial charge in [0.2, 0.25) is 0 Å². The Morgan fingerprint density at radius 3 is 2.62 bits per heavy atom. The topological polar surface area (TPSA) is 117 Å². The first-order valence-electron chi connectivity index (χ1n) is 8.44. The Bertz CT molecular complexity index is 964. The van der Waals surface area contributed by atoms with Gasteiger partial charge in [0.1, 0.15) is 6.54 Å². The van der Waals surface area contributed by atoms with Gasteiger partial charge in [-0.15, -0.1) is 0 Å². The predicted octanol–water partition coefficient (Wildman–Crippen LogP) is -0.964. The minimum absolute atomic E-state index is 0.127. The van der Waals surface area contributed by atoms with E-state index in [2.05, 4.69) is 10.3 Å². The number of nitrogens with zero attached hydrogens (tertiary/aromatic N) is 4. The van der Waals surface area contributed by atoms with Gasteiger partial charge in [-0.25, -0.2) is 9.78 Å². The molecule has 3 rings (SSSR count). The zero-order valence-corrected chi connectivity index (χ0v) is 14.7. The van der Waals surface area contributed by atoms with Crippen LogP contribution in [0.2, 0.25) is 0 Å². The Morgan fingerprint density at radius 1 is 1.23 bits per heavy atom. The molecule has 1 N–H and O–H groups in total. The fourth-order valence-electron chi connectivity index (χ4n) is 3.19. The van der Waals surface area contributed by atoms with E-state index in [1.807, 2.05) is 0 Å². The van der Waals surface area contributed by atoms with Gasteiger partial charge in [0.05, 0.1) is 6.33 Å². The molecule has 0 unspecified atom stereocenters. The summed E-state index contributed by atoms with van der Waals surface area (Å²) < 4.78 is 8.47. The molecule has 1 aliphatic carbocycles. The van der Waals surface area contributed by atoms with Crippen LogP contribution in [0.4, 0.5) is 0 Å². The number of carbonyl (C=O) groups is 2. The number of amides is 1. The molecule has 2 heterocycles. The lowest BCUT2D eigenvalue weighted by molar-refractivity contribution is -0.149. The summed E-state index contributed by atoms with van der Waals surface area (Å²) in [4.78, 5) is 52.0. The third-order valence-corrected chi connectivity index (χ3v) is 4.60. The van der Waals surface area contributed by atoms with Crippen LogP contribution in [-0.4, -0.2) is 43.2 Å². The maximum atomic E-state index is 12.3. The summed E-state index contributed by atoms with van der Waals surface area (Å²) in [5.74, 6) is -0.999. The summed E-state index contributed by atoms with van der Waals surface area (Å²) in [5, 5.41) is 2.83. The van der Waals surface area contributed by atoms with Crippen molar-refractivity contribution >= 4 is 23.0 Å². The summed E-state index contributed by atoms with van der Waals surface area (Å²) in [5.41, 5.74) is -0.738. The second-order valence-electron chi connectivity index (χ2n) is 6.46. The number of carbonyl (C=O) groups excluding carboxylic acids is 2. The minimum Gasteiger partial charge on any atom is -0.454 e. The van der Waals surface area contributed by atoms with Crippen molar-refractivity contribution < 1.29 is 14.3 Å². The van der Waals surface area contributed by atoms with Crippen LogP contribution in [0, 0.1) is 0 Å². The molecule has 1 fully saturated rings. The van der Waals surface area contributed by atoms with Gasteiger partial charge in [-0.05, 0) is 12.8 Å². The average molecular weight is 363 g/mol. The quantitative estimate of drug-likeness (QED) is 0.684. The van der Waals surface area contributed by atoms with Gasteiger partial charge >= 0.3 is 11.7 Å². The normalized spacial score (nSPS) is 14.7. The summed E-state index contributed by atoms with van der Waals surface area (Å²) >= 11 is 0. The summed E-state index contributed by atoms with van der Waals surface area (Å²) in [6, 6.07) is 0.156. The van der Waals surface area contributed by atoms with E-state index in [1.54, 1.807) is 0 Å². The second kappa shape index (κ2) is 7.14. The molecule has 0 spiro atoms. The van der Waals surface area contributed by atoms with Gasteiger partial charge in [0, 0.05) is 20.1 Å². The number of ether oxygens (including phenoxy) is 1. The van der Waals surface area contributed by atoms with Crippen molar-refractivity contribution in [3.63, 3.8) is 0 Å². The summed E-state index contributed by atoms with van der Waals surface area (Å²) in [6.07, 6.45) is 5.38. The number of hydrogen-bond acceptors (Lipinski definition) is 6. The first-order valence-corrected chi connectivity index (χ1v) is 8.44. The van der Waals surface area contributed by atoms with Crippen molar-refractivity contribution in [3.05, 3.63) is 27.2 Å². The van der Waals surface area contributed by atoms with Crippen molar-refractivity contribution in [3.8, 4) is 0 Å². The SMILES string of the molecule is Cn1c(=O)c2c(ncn2CC(=O)OCC(=O)NC2CCCC2)n(C)c1=O. The molecule has 0 radical (unpaired) electrons. The smallest absolute Gasteiger partial charge is 0.332 e. The van der Waals surface area contributed by atoms with Crippen molar-refractivity contribution in [1.82, 2.24) is 24.0 Å². The number of nitrogens with one attached hydrogen (secondary N) is 1. The highest BCUT2D eigenvalue weighted by Crippen LogP contribution is 2.17. The molecule has 0 aromatic carbocycles. The van der Waals surface area contributed by atoms with Crippen LogP contribution in [-0.2, 0) is 35.0 Å². The highest BCUT2D eigenvalue weighted by molar-refractivity contribution is 5.81. The number of fused-ring (bicyclic) bond motifs is 1. The fraction of sp³-hybridized carbons (Fsp3) is 0.562. The zero-order chi connectivity index (χ0) is 18.8. The number of imidazole rings is 1. The molecular formula is C16H21N5O5. The lowest BCUT2D eigenvalue weighted by Crippen LogP contribution is -2.38. The third-order valence-electron chi connectivity index (χ3n) is 4.60. The first-order chi connectivity index (χ1) is 12.4. The van der Waals surface area contributed by atoms with E-state index in [0.29, 0.717) is 0 Å². The number of hydrogen-bond donors (Lipinski definition) is 1. The van der Waals surface area contributed by atoms with Crippen LogP contribution in [0.1, 0.15) is 25.7 Å². The molecule has 2 aromatic rings. The standard InChI is InChI=1S/C16H21N5O5/c1-19-14-13(15(24)20(2)16(19)25)21(9-17-14)7-12(23)26-8-11(22)18-10-5-3-4-6-10/h9-10H,3-8H2,1-2H3,(H,18,22). The highest BCUT2D eigenvalue weighted by atomic mass is 16.5. The van der Waals surface area contributed by atoms with E-state index >= 15 is 0 Å². The third kappa shape index (κ3) is 3.39. The molecule has 0 atom stereocenters. The summed E-state index contributed by atoms with van der Waals surface area (Å²) in [7, 11) is 2.85. The maximum absolute atomic E-state index is 12.3. The molecule has 10 nitrogen and oxygen atoms in total. The lowest BCUT2D eigenvalue weighted by atomic mass is 10.2. The van der Waals surface area contributed by atoms with E-state index in [4.69, 9.17) is 4.74 Å². The molecule has 26 heavy (non-hydrogen) atoms. The molecule has 1 aliphatic rings. The monoisotopic (exact) mass is 363 g/mol. The Balaban J connectivity index is 1.67. The molecule has 1 saturated carbocycles. The number of rotatable bonds is 5. The van der Waals surface area contributed by atoms with Crippen molar-refractivity contribution in [2.75, 3.05) is 6.61 Å².